The fourth-order valence-electron chi connectivity index (χ4n) is 3.05. The Morgan fingerprint density at radius 2 is 1.84 bits per heavy atom. The zero-order valence-electron chi connectivity index (χ0n) is 18.2. The molecule has 32 heavy (non-hydrogen) atoms. The fourth-order valence-corrected chi connectivity index (χ4v) is 3.84. The highest BCUT2D eigenvalue weighted by Crippen LogP contribution is 2.21. The lowest BCUT2D eigenvalue weighted by molar-refractivity contribution is -0.118. The SMILES string of the molecule is C=CCn1c(SCC(=O)NCc2ccccc2)nnc1[C@H](C)NC(=O)c1ccc(C)cc1. The van der Waals surface area contributed by atoms with Crippen LogP contribution in [0.5, 0.6) is 0 Å². The zero-order valence-corrected chi connectivity index (χ0v) is 19.1. The van der Waals surface area contributed by atoms with Crippen LogP contribution in [0.25, 0.3) is 0 Å². The standard InChI is InChI=1S/C24H27N5O2S/c1-4-14-29-22(18(3)26-23(31)20-12-10-17(2)11-13-20)27-28-24(29)32-16-21(30)25-15-19-8-6-5-7-9-19/h4-13,18H,1,14-16H2,2-3H3,(H,25,30)(H,26,31)/t18-/m0/s1. The van der Waals surface area contributed by atoms with Crippen molar-refractivity contribution in [1.29, 1.82) is 0 Å². The number of rotatable bonds is 10. The predicted molar refractivity (Wildman–Crippen MR) is 126 cm³/mol. The quantitative estimate of drug-likeness (QED) is 0.364. The third-order valence-corrected chi connectivity index (χ3v) is 5.74. The summed E-state index contributed by atoms with van der Waals surface area (Å²) >= 11 is 1.30. The molecule has 1 atom stereocenters. The molecule has 3 aromatic rings. The Morgan fingerprint density at radius 3 is 2.53 bits per heavy atom. The van der Waals surface area contributed by atoms with Crippen LogP contribution in [0.4, 0.5) is 0 Å². The smallest absolute Gasteiger partial charge is 0.251 e. The van der Waals surface area contributed by atoms with Crippen molar-refractivity contribution in [3.05, 3.63) is 89.8 Å². The van der Waals surface area contributed by atoms with Gasteiger partial charge in [0.05, 0.1) is 11.8 Å². The lowest BCUT2D eigenvalue weighted by Crippen LogP contribution is -2.29. The largest absolute Gasteiger partial charge is 0.351 e. The number of carbonyl (C=O) groups excluding carboxylic acids is 2. The van der Waals surface area contributed by atoms with E-state index in [9.17, 15) is 9.59 Å². The summed E-state index contributed by atoms with van der Waals surface area (Å²) in [6, 6.07) is 16.8. The summed E-state index contributed by atoms with van der Waals surface area (Å²) in [6.45, 7) is 8.59. The van der Waals surface area contributed by atoms with E-state index < -0.39 is 0 Å². The van der Waals surface area contributed by atoms with Gasteiger partial charge in [-0.1, -0.05) is 65.9 Å². The molecule has 0 aliphatic rings. The minimum absolute atomic E-state index is 0.0886. The van der Waals surface area contributed by atoms with E-state index in [1.165, 1.54) is 11.8 Å². The third kappa shape index (κ3) is 6.31. The molecule has 0 bridgehead atoms. The number of nitrogens with zero attached hydrogens (tertiary/aromatic N) is 3. The number of benzene rings is 2. The van der Waals surface area contributed by atoms with Gasteiger partial charge in [-0.2, -0.15) is 0 Å². The molecule has 0 radical (unpaired) electrons. The van der Waals surface area contributed by atoms with Gasteiger partial charge in [0.15, 0.2) is 11.0 Å². The van der Waals surface area contributed by atoms with Crippen LogP contribution in [0.2, 0.25) is 0 Å². The molecule has 0 spiro atoms. The van der Waals surface area contributed by atoms with Gasteiger partial charge in [0.1, 0.15) is 0 Å². The van der Waals surface area contributed by atoms with Gasteiger partial charge in [0.2, 0.25) is 5.91 Å². The van der Waals surface area contributed by atoms with Crippen LogP contribution >= 0.6 is 11.8 Å². The Morgan fingerprint density at radius 1 is 1.12 bits per heavy atom. The minimum Gasteiger partial charge on any atom is -0.351 e. The van der Waals surface area contributed by atoms with Gasteiger partial charge < -0.3 is 15.2 Å². The number of aromatic nitrogens is 3. The van der Waals surface area contributed by atoms with Gasteiger partial charge in [-0.3, -0.25) is 9.59 Å². The maximum absolute atomic E-state index is 12.6. The first-order valence-corrected chi connectivity index (χ1v) is 11.3. The normalized spacial score (nSPS) is 11.6. The number of amides is 2. The molecule has 0 unspecified atom stereocenters. The Labute approximate surface area is 192 Å². The van der Waals surface area contributed by atoms with E-state index in [1.807, 2.05) is 60.9 Å². The lowest BCUT2D eigenvalue weighted by Gasteiger charge is -2.15. The molecule has 166 valence electrons. The highest BCUT2D eigenvalue weighted by Gasteiger charge is 2.20. The number of nitrogens with one attached hydrogen (secondary N) is 2. The summed E-state index contributed by atoms with van der Waals surface area (Å²) in [5.74, 6) is 0.554. The minimum atomic E-state index is -0.363. The monoisotopic (exact) mass is 449 g/mol. The molecule has 2 amide bonds. The van der Waals surface area contributed by atoms with E-state index >= 15 is 0 Å². The number of allylic oxidation sites excluding steroid dienone is 1. The van der Waals surface area contributed by atoms with Gasteiger partial charge in [0, 0.05) is 18.7 Å². The molecular weight excluding hydrogens is 422 g/mol. The molecule has 2 aromatic carbocycles. The van der Waals surface area contributed by atoms with Crippen LogP contribution in [0.3, 0.4) is 0 Å². The van der Waals surface area contributed by atoms with Crippen molar-refractivity contribution in [3.8, 4) is 0 Å². The van der Waals surface area contributed by atoms with Gasteiger partial charge in [0.25, 0.3) is 5.91 Å². The van der Waals surface area contributed by atoms with Crippen LogP contribution in [-0.2, 0) is 17.9 Å². The Bertz CT molecular complexity index is 1060. The summed E-state index contributed by atoms with van der Waals surface area (Å²) in [7, 11) is 0. The molecular formula is C24H27N5O2S. The first kappa shape index (κ1) is 23.3. The number of hydrogen-bond acceptors (Lipinski definition) is 5. The summed E-state index contributed by atoms with van der Waals surface area (Å²) in [6.07, 6.45) is 1.74. The topological polar surface area (TPSA) is 88.9 Å². The summed E-state index contributed by atoms with van der Waals surface area (Å²) < 4.78 is 1.86. The molecule has 2 N–H and O–H groups in total. The van der Waals surface area contributed by atoms with Crippen molar-refractivity contribution in [2.24, 2.45) is 0 Å². The van der Waals surface area contributed by atoms with Crippen molar-refractivity contribution >= 4 is 23.6 Å². The molecule has 3 rings (SSSR count). The number of hydrogen-bond donors (Lipinski definition) is 2. The summed E-state index contributed by atoms with van der Waals surface area (Å²) in [4.78, 5) is 24.8. The van der Waals surface area contributed by atoms with E-state index in [4.69, 9.17) is 0 Å². The highest BCUT2D eigenvalue weighted by molar-refractivity contribution is 7.99. The summed E-state index contributed by atoms with van der Waals surface area (Å²) in [5.41, 5.74) is 2.72. The first-order chi connectivity index (χ1) is 15.5. The lowest BCUT2D eigenvalue weighted by atomic mass is 10.1. The van der Waals surface area contributed by atoms with Crippen LogP contribution < -0.4 is 10.6 Å². The van der Waals surface area contributed by atoms with Crippen molar-refractivity contribution in [1.82, 2.24) is 25.4 Å². The number of carbonyl (C=O) groups is 2. The summed E-state index contributed by atoms with van der Waals surface area (Å²) in [5, 5.41) is 15.0. The number of thioether (sulfide) groups is 1. The van der Waals surface area contributed by atoms with Gasteiger partial charge in [-0.15, -0.1) is 16.8 Å². The molecule has 7 nitrogen and oxygen atoms in total. The second kappa shape index (κ2) is 11.3. The second-order valence-corrected chi connectivity index (χ2v) is 8.29. The molecule has 0 aliphatic heterocycles. The first-order valence-electron chi connectivity index (χ1n) is 10.3. The molecule has 0 saturated carbocycles. The van der Waals surface area contributed by atoms with E-state index in [1.54, 1.807) is 18.2 Å². The average Bonchev–Trinajstić information content (AvgIpc) is 3.20. The van der Waals surface area contributed by atoms with Crippen molar-refractivity contribution in [2.45, 2.75) is 38.1 Å². The average molecular weight is 450 g/mol. The molecule has 0 aliphatic carbocycles. The number of aryl methyl sites for hydroxylation is 1. The van der Waals surface area contributed by atoms with E-state index in [-0.39, 0.29) is 23.6 Å². The van der Waals surface area contributed by atoms with Gasteiger partial charge in [-0.25, -0.2) is 0 Å². The highest BCUT2D eigenvalue weighted by atomic mass is 32.2. The van der Waals surface area contributed by atoms with E-state index in [2.05, 4.69) is 27.4 Å². The Balaban J connectivity index is 1.61. The van der Waals surface area contributed by atoms with Crippen molar-refractivity contribution < 1.29 is 9.59 Å². The van der Waals surface area contributed by atoms with E-state index in [0.29, 0.717) is 29.6 Å². The van der Waals surface area contributed by atoms with Crippen molar-refractivity contribution in [2.75, 3.05) is 5.75 Å². The Kier molecular flexibility index (Phi) is 8.21. The maximum atomic E-state index is 12.6. The van der Waals surface area contributed by atoms with Gasteiger partial charge in [-0.05, 0) is 31.5 Å². The third-order valence-electron chi connectivity index (χ3n) is 4.77. The van der Waals surface area contributed by atoms with E-state index in [0.717, 1.165) is 11.1 Å². The Hall–Kier alpha value is -3.39. The maximum Gasteiger partial charge on any atom is 0.251 e. The van der Waals surface area contributed by atoms with Crippen molar-refractivity contribution in [3.63, 3.8) is 0 Å². The molecule has 8 heteroatoms. The van der Waals surface area contributed by atoms with Crippen LogP contribution in [0, 0.1) is 6.92 Å². The molecule has 0 fully saturated rings. The van der Waals surface area contributed by atoms with Crippen LogP contribution in [0.1, 0.15) is 40.3 Å². The van der Waals surface area contributed by atoms with Crippen LogP contribution in [-0.4, -0.2) is 32.3 Å². The zero-order chi connectivity index (χ0) is 22.9. The fraction of sp³-hybridized carbons (Fsp3) is 0.250. The van der Waals surface area contributed by atoms with Gasteiger partial charge >= 0.3 is 0 Å². The predicted octanol–water partition coefficient (Wildman–Crippen LogP) is 3.67. The van der Waals surface area contributed by atoms with Crippen LogP contribution in [0.15, 0.2) is 72.4 Å². The molecule has 1 aromatic heterocycles. The molecule has 1 heterocycles. The molecule has 0 saturated heterocycles. The second-order valence-electron chi connectivity index (χ2n) is 7.35.